The van der Waals surface area contributed by atoms with Crippen molar-refractivity contribution >= 4 is 17.4 Å². The largest absolute Gasteiger partial charge is 0.481 e. The van der Waals surface area contributed by atoms with E-state index in [1.807, 2.05) is 0 Å². The van der Waals surface area contributed by atoms with Gasteiger partial charge in [-0.2, -0.15) is 4.52 Å². The lowest BCUT2D eigenvalue weighted by Crippen LogP contribution is -2.23. The van der Waals surface area contributed by atoms with Crippen molar-refractivity contribution in [2.24, 2.45) is 0 Å². The Balaban J connectivity index is 2.25. The number of aromatic nitrogens is 5. The lowest BCUT2D eigenvalue weighted by Gasteiger charge is -2.17. The van der Waals surface area contributed by atoms with Gasteiger partial charge in [-0.3, -0.25) is 9.78 Å². The molecule has 0 atom stereocenters. The van der Waals surface area contributed by atoms with Crippen molar-refractivity contribution in [3.8, 4) is 0 Å². The van der Waals surface area contributed by atoms with Gasteiger partial charge >= 0.3 is 5.97 Å². The maximum absolute atomic E-state index is 10.5. The number of tetrazole rings is 1. The molecule has 0 unspecified atom stereocenters. The van der Waals surface area contributed by atoms with E-state index in [1.165, 1.54) is 10.7 Å². The molecule has 0 aliphatic rings. The number of hydrogen-bond acceptors (Lipinski definition) is 6. The average Bonchev–Trinajstić information content (AvgIpc) is 2.73. The number of carboxylic acid groups (broad SMARTS) is 1. The number of carboxylic acids is 1. The highest BCUT2D eigenvalue weighted by molar-refractivity contribution is 5.67. The lowest BCUT2D eigenvalue weighted by molar-refractivity contribution is -0.136. The van der Waals surface area contributed by atoms with Crippen LogP contribution in [-0.2, 0) is 4.79 Å². The predicted octanol–water partition coefficient (Wildman–Crippen LogP) is -0.570. The molecule has 0 fully saturated rings. The van der Waals surface area contributed by atoms with Crippen molar-refractivity contribution in [2.45, 2.75) is 6.42 Å². The van der Waals surface area contributed by atoms with Crippen LogP contribution in [0.5, 0.6) is 0 Å². The van der Waals surface area contributed by atoms with Crippen LogP contribution in [0, 0.1) is 0 Å². The molecular weight excluding hydrogens is 212 g/mol. The summed E-state index contributed by atoms with van der Waals surface area (Å²) < 4.78 is 1.51. The van der Waals surface area contributed by atoms with Crippen molar-refractivity contribution in [3.05, 3.63) is 12.4 Å². The first-order valence-electron chi connectivity index (χ1n) is 4.63. The number of aliphatic carboxylic acids is 1. The van der Waals surface area contributed by atoms with E-state index in [0.717, 1.165) is 0 Å². The van der Waals surface area contributed by atoms with Gasteiger partial charge in [-0.25, -0.2) is 0 Å². The van der Waals surface area contributed by atoms with E-state index in [9.17, 15) is 4.79 Å². The third-order valence-electron chi connectivity index (χ3n) is 2.14. The van der Waals surface area contributed by atoms with Crippen LogP contribution < -0.4 is 4.90 Å². The number of nitrogens with zero attached hydrogens (tertiary/aromatic N) is 6. The lowest BCUT2D eigenvalue weighted by atomic mass is 10.4. The molecule has 2 rings (SSSR count). The second-order valence-electron chi connectivity index (χ2n) is 3.28. The number of hydrogen-bond donors (Lipinski definition) is 1. The summed E-state index contributed by atoms with van der Waals surface area (Å²) in [4.78, 5) is 16.2. The Labute approximate surface area is 90.5 Å². The standard InChI is InChI=1S/C8H10N6O2/c1-13(3-2-8(15)16)7-5-9-4-6-10-11-12-14(6)7/h4-5H,2-3H2,1H3,(H,15,16). The van der Waals surface area contributed by atoms with E-state index in [-0.39, 0.29) is 6.42 Å². The second kappa shape index (κ2) is 4.09. The normalized spacial score (nSPS) is 10.6. The Morgan fingerprint density at radius 2 is 2.38 bits per heavy atom. The molecule has 0 aliphatic carbocycles. The zero-order valence-corrected chi connectivity index (χ0v) is 8.61. The summed E-state index contributed by atoms with van der Waals surface area (Å²) in [6.07, 6.45) is 3.18. The van der Waals surface area contributed by atoms with Gasteiger partial charge in [-0.15, -0.1) is 5.10 Å². The first kappa shape index (κ1) is 10.3. The van der Waals surface area contributed by atoms with Gasteiger partial charge in [0.05, 0.1) is 18.8 Å². The molecule has 84 valence electrons. The number of fused-ring (bicyclic) bond motifs is 1. The highest BCUT2D eigenvalue weighted by Gasteiger charge is 2.09. The first-order chi connectivity index (χ1) is 7.68. The number of rotatable bonds is 4. The maximum Gasteiger partial charge on any atom is 0.305 e. The van der Waals surface area contributed by atoms with Crippen molar-refractivity contribution < 1.29 is 9.90 Å². The fourth-order valence-electron chi connectivity index (χ4n) is 1.30. The molecule has 16 heavy (non-hydrogen) atoms. The van der Waals surface area contributed by atoms with Gasteiger partial charge in [0.2, 0.25) is 0 Å². The van der Waals surface area contributed by atoms with Crippen LogP contribution in [-0.4, -0.2) is 49.7 Å². The minimum absolute atomic E-state index is 0.0506. The minimum Gasteiger partial charge on any atom is -0.481 e. The summed E-state index contributed by atoms with van der Waals surface area (Å²) in [7, 11) is 1.76. The molecule has 0 amide bonds. The summed E-state index contributed by atoms with van der Waals surface area (Å²) in [5.41, 5.74) is 0.527. The van der Waals surface area contributed by atoms with Crippen LogP contribution in [0.1, 0.15) is 6.42 Å². The summed E-state index contributed by atoms with van der Waals surface area (Å²) in [5.74, 6) is -0.188. The number of anilines is 1. The maximum atomic E-state index is 10.5. The first-order valence-corrected chi connectivity index (χ1v) is 4.63. The fourth-order valence-corrected chi connectivity index (χ4v) is 1.30. The Kier molecular flexibility index (Phi) is 2.63. The molecule has 2 aromatic heterocycles. The predicted molar refractivity (Wildman–Crippen MR) is 54.1 cm³/mol. The average molecular weight is 222 g/mol. The zero-order valence-electron chi connectivity index (χ0n) is 8.61. The molecule has 2 aromatic rings. The third-order valence-corrected chi connectivity index (χ3v) is 2.14. The van der Waals surface area contributed by atoms with E-state index in [2.05, 4.69) is 20.5 Å². The van der Waals surface area contributed by atoms with Crippen LogP contribution in [0.2, 0.25) is 0 Å². The molecule has 2 heterocycles. The van der Waals surface area contributed by atoms with Crippen molar-refractivity contribution in [3.63, 3.8) is 0 Å². The van der Waals surface area contributed by atoms with Gasteiger partial charge < -0.3 is 10.0 Å². The summed E-state index contributed by atoms with van der Waals surface area (Å²) in [5, 5.41) is 19.7. The highest BCUT2D eigenvalue weighted by Crippen LogP contribution is 2.10. The molecule has 0 bridgehead atoms. The van der Waals surface area contributed by atoms with Crippen molar-refractivity contribution in [1.29, 1.82) is 0 Å². The van der Waals surface area contributed by atoms with E-state index in [0.29, 0.717) is 18.0 Å². The van der Waals surface area contributed by atoms with Crippen LogP contribution in [0.25, 0.3) is 5.65 Å². The summed E-state index contributed by atoms with van der Waals surface area (Å²) in [6.45, 7) is 0.371. The van der Waals surface area contributed by atoms with E-state index in [1.54, 1.807) is 18.1 Å². The van der Waals surface area contributed by atoms with Gasteiger partial charge in [-0.1, -0.05) is 0 Å². The van der Waals surface area contributed by atoms with Gasteiger partial charge in [0.15, 0.2) is 11.5 Å². The van der Waals surface area contributed by atoms with Crippen LogP contribution >= 0.6 is 0 Å². The quantitative estimate of drug-likeness (QED) is 0.739. The second-order valence-corrected chi connectivity index (χ2v) is 3.28. The molecule has 0 aliphatic heterocycles. The molecule has 0 saturated carbocycles. The van der Waals surface area contributed by atoms with Crippen molar-refractivity contribution in [2.75, 3.05) is 18.5 Å². The molecular formula is C8H10N6O2. The smallest absolute Gasteiger partial charge is 0.305 e. The SMILES string of the molecule is CN(CCC(=O)O)c1cncc2nnnn12. The summed E-state index contributed by atoms with van der Waals surface area (Å²) >= 11 is 0. The molecule has 0 saturated heterocycles. The van der Waals surface area contributed by atoms with Crippen LogP contribution in [0.4, 0.5) is 5.82 Å². The molecule has 8 nitrogen and oxygen atoms in total. The van der Waals surface area contributed by atoms with Gasteiger partial charge in [-0.05, 0) is 10.4 Å². The number of carbonyl (C=O) groups is 1. The molecule has 8 heteroatoms. The molecule has 1 N–H and O–H groups in total. The highest BCUT2D eigenvalue weighted by atomic mass is 16.4. The minimum atomic E-state index is -0.844. The van der Waals surface area contributed by atoms with Crippen LogP contribution in [0.15, 0.2) is 12.4 Å². The third kappa shape index (κ3) is 1.90. The van der Waals surface area contributed by atoms with Gasteiger partial charge in [0.25, 0.3) is 0 Å². The van der Waals surface area contributed by atoms with Gasteiger partial charge in [0, 0.05) is 13.6 Å². The Hall–Kier alpha value is -2.25. The van der Waals surface area contributed by atoms with E-state index in [4.69, 9.17) is 5.11 Å². The topological polar surface area (TPSA) is 96.5 Å². The van der Waals surface area contributed by atoms with Gasteiger partial charge in [0.1, 0.15) is 0 Å². The molecule has 0 aromatic carbocycles. The van der Waals surface area contributed by atoms with Crippen LogP contribution in [0.3, 0.4) is 0 Å². The molecule has 0 spiro atoms. The zero-order chi connectivity index (χ0) is 11.5. The Bertz CT molecular complexity index is 510. The van der Waals surface area contributed by atoms with Crippen molar-refractivity contribution in [1.82, 2.24) is 25.0 Å². The molecule has 0 radical (unpaired) electrons. The fraction of sp³-hybridized carbons (Fsp3) is 0.375. The Morgan fingerprint density at radius 3 is 3.12 bits per heavy atom. The monoisotopic (exact) mass is 222 g/mol. The summed E-state index contributed by atoms with van der Waals surface area (Å²) in [6, 6.07) is 0. The Morgan fingerprint density at radius 1 is 1.56 bits per heavy atom. The van der Waals surface area contributed by atoms with E-state index < -0.39 is 5.97 Å². The van der Waals surface area contributed by atoms with E-state index >= 15 is 0 Å².